The third-order valence-corrected chi connectivity index (χ3v) is 4.79. The largest absolute Gasteiger partial charge is 0.489 e. The van der Waals surface area contributed by atoms with Crippen molar-refractivity contribution in [2.45, 2.75) is 32.4 Å². The van der Waals surface area contributed by atoms with Crippen molar-refractivity contribution >= 4 is 11.9 Å². The molecule has 0 aliphatic heterocycles. The summed E-state index contributed by atoms with van der Waals surface area (Å²) in [5.41, 5.74) is 2.07. The molecule has 0 aromatic heterocycles. The molecule has 0 spiro atoms. The summed E-state index contributed by atoms with van der Waals surface area (Å²) in [6.45, 7) is 0.947. The van der Waals surface area contributed by atoms with Gasteiger partial charge in [-0.15, -0.1) is 0 Å². The van der Waals surface area contributed by atoms with Gasteiger partial charge in [0.1, 0.15) is 12.4 Å². The van der Waals surface area contributed by atoms with E-state index in [1.54, 1.807) is 0 Å². The van der Waals surface area contributed by atoms with E-state index >= 15 is 0 Å². The Bertz CT molecular complexity index is 742. The second-order valence-corrected chi connectivity index (χ2v) is 6.68. The van der Waals surface area contributed by atoms with Gasteiger partial charge in [0.15, 0.2) is 0 Å². The third-order valence-electron chi connectivity index (χ3n) is 4.79. The number of aliphatic carboxylic acids is 1. The molecule has 1 amide bonds. The van der Waals surface area contributed by atoms with Crippen LogP contribution in [0.4, 0.5) is 0 Å². The number of benzene rings is 2. The van der Waals surface area contributed by atoms with Gasteiger partial charge < -0.3 is 15.2 Å². The average molecular weight is 353 g/mol. The third kappa shape index (κ3) is 4.85. The van der Waals surface area contributed by atoms with Crippen LogP contribution in [0.1, 0.15) is 30.4 Å². The first-order chi connectivity index (χ1) is 12.6. The van der Waals surface area contributed by atoms with Crippen LogP contribution in [0.15, 0.2) is 54.6 Å². The molecular formula is C21H23NO4. The molecule has 0 unspecified atom stereocenters. The summed E-state index contributed by atoms with van der Waals surface area (Å²) in [7, 11) is 0. The van der Waals surface area contributed by atoms with Crippen molar-refractivity contribution in [3.05, 3.63) is 65.7 Å². The fraction of sp³-hybridized carbons (Fsp3) is 0.333. The normalized spacial score (nSPS) is 19.1. The Morgan fingerprint density at radius 1 is 0.962 bits per heavy atom. The van der Waals surface area contributed by atoms with Gasteiger partial charge in [-0.3, -0.25) is 9.59 Å². The Morgan fingerprint density at radius 3 is 2.27 bits per heavy atom. The lowest BCUT2D eigenvalue weighted by molar-refractivity contribution is -0.141. The molecule has 5 nitrogen and oxygen atoms in total. The van der Waals surface area contributed by atoms with E-state index in [0.29, 0.717) is 32.4 Å². The zero-order valence-corrected chi connectivity index (χ0v) is 14.6. The number of para-hydroxylation sites is 1. The van der Waals surface area contributed by atoms with Crippen molar-refractivity contribution in [3.63, 3.8) is 0 Å². The van der Waals surface area contributed by atoms with Crippen LogP contribution in [-0.4, -0.2) is 17.0 Å². The number of carboxylic acids is 1. The van der Waals surface area contributed by atoms with E-state index in [-0.39, 0.29) is 17.7 Å². The van der Waals surface area contributed by atoms with Gasteiger partial charge in [-0.1, -0.05) is 42.5 Å². The molecule has 26 heavy (non-hydrogen) atoms. The van der Waals surface area contributed by atoms with E-state index in [9.17, 15) is 9.59 Å². The molecule has 2 aromatic rings. The summed E-state index contributed by atoms with van der Waals surface area (Å²) in [6.07, 6.45) is 1.68. The number of carboxylic acid groups (broad SMARTS) is 1. The molecule has 2 N–H and O–H groups in total. The highest BCUT2D eigenvalue weighted by molar-refractivity contribution is 5.80. The molecule has 0 heterocycles. The van der Waals surface area contributed by atoms with Gasteiger partial charge in [0.25, 0.3) is 0 Å². The monoisotopic (exact) mass is 353 g/mol. The topological polar surface area (TPSA) is 75.6 Å². The molecule has 0 saturated heterocycles. The molecule has 1 aliphatic carbocycles. The highest BCUT2D eigenvalue weighted by Gasteiger charge is 2.33. The fourth-order valence-electron chi connectivity index (χ4n) is 3.21. The van der Waals surface area contributed by atoms with Crippen LogP contribution in [0.2, 0.25) is 0 Å². The van der Waals surface area contributed by atoms with E-state index in [1.807, 2.05) is 54.6 Å². The van der Waals surface area contributed by atoms with Gasteiger partial charge in [-0.25, -0.2) is 0 Å². The van der Waals surface area contributed by atoms with Gasteiger partial charge in [0.05, 0.1) is 5.92 Å². The van der Waals surface area contributed by atoms with Crippen molar-refractivity contribution in [2.75, 3.05) is 0 Å². The number of rotatable bonds is 7. The predicted molar refractivity (Wildman–Crippen MR) is 97.5 cm³/mol. The van der Waals surface area contributed by atoms with Crippen molar-refractivity contribution in [1.29, 1.82) is 0 Å². The summed E-state index contributed by atoms with van der Waals surface area (Å²) < 4.78 is 5.71. The maximum atomic E-state index is 12.2. The molecule has 0 bridgehead atoms. The Balaban J connectivity index is 1.44. The van der Waals surface area contributed by atoms with Crippen LogP contribution in [0.3, 0.4) is 0 Å². The molecule has 2 aromatic carbocycles. The number of nitrogens with one attached hydrogen (secondary N) is 1. The Kier molecular flexibility index (Phi) is 5.89. The minimum atomic E-state index is -0.798. The Hall–Kier alpha value is -2.82. The van der Waals surface area contributed by atoms with Crippen LogP contribution in [0.5, 0.6) is 5.75 Å². The first kappa shape index (κ1) is 18.0. The van der Waals surface area contributed by atoms with Crippen LogP contribution in [-0.2, 0) is 22.7 Å². The molecule has 1 fully saturated rings. The van der Waals surface area contributed by atoms with Crippen molar-refractivity contribution in [1.82, 2.24) is 5.32 Å². The maximum Gasteiger partial charge on any atom is 0.306 e. The number of ether oxygens (including phenoxy) is 1. The zero-order chi connectivity index (χ0) is 18.4. The lowest BCUT2D eigenvalue weighted by Gasteiger charge is -2.11. The summed E-state index contributed by atoms with van der Waals surface area (Å²) in [5.74, 6) is -0.580. The highest BCUT2D eigenvalue weighted by Crippen LogP contribution is 2.31. The van der Waals surface area contributed by atoms with Crippen molar-refractivity contribution < 1.29 is 19.4 Å². The molecule has 2 atom stereocenters. The van der Waals surface area contributed by atoms with E-state index in [2.05, 4.69) is 5.32 Å². The van der Waals surface area contributed by atoms with E-state index in [4.69, 9.17) is 9.84 Å². The quantitative estimate of drug-likeness (QED) is 0.800. The average Bonchev–Trinajstić information content (AvgIpc) is 3.17. The molecule has 136 valence electrons. The van der Waals surface area contributed by atoms with E-state index in [0.717, 1.165) is 16.9 Å². The highest BCUT2D eigenvalue weighted by atomic mass is 16.5. The predicted octanol–water partition coefficient (Wildman–Crippen LogP) is 3.38. The molecule has 1 aliphatic rings. The lowest BCUT2D eigenvalue weighted by Crippen LogP contribution is -2.29. The molecule has 5 heteroatoms. The second-order valence-electron chi connectivity index (χ2n) is 6.68. The Labute approximate surface area is 153 Å². The number of carbonyl (C=O) groups excluding carboxylic acids is 1. The number of hydrogen-bond donors (Lipinski definition) is 2. The second kappa shape index (κ2) is 8.52. The fourth-order valence-corrected chi connectivity index (χ4v) is 3.21. The Morgan fingerprint density at radius 2 is 1.62 bits per heavy atom. The molecule has 0 radical (unpaired) electrons. The summed E-state index contributed by atoms with van der Waals surface area (Å²) >= 11 is 0. The van der Waals surface area contributed by atoms with Gasteiger partial charge >= 0.3 is 5.97 Å². The number of carbonyl (C=O) groups is 2. The van der Waals surface area contributed by atoms with Gasteiger partial charge in [0, 0.05) is 12.5 Å². The SMILES string of the molecule is O=C(O)[C@@H]1CC[C@H](C(=O)NCc2ccc(COc3ccccc3)cc2)C1. The molecule has 3 rings (SSSR count). The van der Waals surface area contributed by atoms with Gasteiger partial charge in [0.2, 0.25) is 5.91 Å². The zero-order valence-electron chi connectivity index (χ0n) is 14.6. The number of amides is 1. The van der Waals surface area contributed by atoms with Crippen molar-refractivity contribution in [3.8, 4) is 5.75 Å². The summed E-state index contributed by atoms with van der Waals surface area (Å²) in [4.78, 5) is 23.2. The smallest absolute Gasteiger partial charge is 0.306 e. The number of hydrogen-bond acceptors (Lipinski definition) is 3. The van der Waals surface area contributed by atoms with Crippen LogP contribution < -0.4 is 10.1 Å². The van der Waals surface area contributed by atoms with Crippen LogP contribution in [0, 0.1) is 11.8 Å². The lowest BCUT2D eigenvalue weighted by atomic mass is 10.0. The maximum absolute atomic E-state index is 12.2. The van der Waals surface area contributed by atoms with E-state index in [1.165, 1.54) is 0 Å². The first-order valence-electron chi connectivity index (χ1n) is 8.88. The van der Waals surface area contributed by atoms with Gasteiger partial charge in [-0.2, -0.15) is 0 Å². The molecule has 1 saturated carbocycles. The van der Waals surface area contributed by atoms with Crippen molar-refractivity contribution in [2.24, 2.45) is 11.8 Å². The van der Waals surface area contributed by atoms with Crippen LogP contribution in [0.25, 0.3) is 0 Å². The van der Waals surface area contributed by atoms with Crippen LogP contribution >= 0.6 is 0 Å². The van der Waals surface area contributed by atoms with Gasteiger partial charge in [-0.05, 0) is 42.5 Å². The standard InChI is InChI=1S/C21H23NO4/c23-20(17-10-11-18(12-17)21(24)25)22-13-15-6-8-16(9-7-15)14-26-19-4-2-1-3-5-19/h1-9,17-18H,10-14H2,(H,22,23)(H,24,25)/t17-,18+/m0/s1. The summed E-state index contributed by atoms with van der Waals surface area (Å²) in [5, 5.41) is 11.9. The minimum absolute atomic E-state index is 0.0507. The summed E-state index contributed by atoms with van der Waals surface area (Å²) in [6, 6.07) is 17.6. The molecular weight excluding hydrogens is 330 g/mol. The first-order valence-corrected chi connectivity index (χ1v) is 8.88. The van der Waals surface area contributed by atoms with E-state index < -0.39 is 5.97 Å². The minimum Gasteiger partial charge on any atom is -0.489 e.